The summed E-state index contributed by atoms with van der Waals surface area (Å²) >= 11 is 0. The molecule has 0 amide bonds. The summed E-state index contributed by atoms with van der Waals surface area (Å²) in [5.41, 5.74) is 3.01. The lowest BCUT2D eigenvalue weighted by Crippen LogP contribution is -2.19. The molecule has 0 saturated heterocycles. The Bertz CT molecular complexity index is 1360. The molecule has 0 atom stereocenters. The third kappa shape index (κ3) is 4.85. The molecular weight excluding hydrogens is 450 g/mol. The summed E-state index contributed by atoms with van der Waals surface area (Å²) in [6.45, 7) is 0.903. The Kier molecular flexibility index (Phi) is 7.31. The summed E-state index contributed by atoms with van der Waals surface area (Å²) in [6, 6.07) is 35.3. The summed E-state index contributed by atoms with van der Waals surface area (Å²) in [4.78, 5) is 2.24. The summed E-state index contributed by atoms with van der Waals surface area (Å²) in [5, 5.41) is 4.23. The highest BCUT2D eigenvalue weighted by molar-refractivity contribution is 5.98. The van der Waals surface area contributed by atoms with Crippen molar-refractivity contribution in [3.63, 3.8) is 0 Å². The van der Waals surface area contributed by atoms with Crippen molar-refractivity contribution in [1.29, 1.82) is 0 Å². The van der Waals surface area contributed by atoms with Crippen LogP contribution in [0.5, 0.6) is 11.5 Å². The Morgan fingerprint density at radius 3 is 1.50 bits per heavy atom. The topological polar surface area (TPSA) is 40.2 Å². The molecule has 0 heterocycles. The lowest BCUT2D eigenvalue weighted by molar-refractivity contribution is 0.0521. The minimum Gasteiger partial charge on any atom is -0.465 e. The highest BCUT2D eigenvalue weighted by Crippen LogP contribution is 2.45. The molecule has 5 rings (SSSR count). The highest BCUT2D eigenvalue weighted by atomic mass is 16.7. The van der Waals surface area contributed by atoms with E-state index in [1.54, 1.807) is 14.2 Å². The molecule has 0 aromatic heterocycles. The molecule has 5 aromatic rings. The van der Waals surface area contributed by atoms with Gasteiger partial charge in [0.25, 0.3) is 0 Å². The van der Waals surface area contributed by atoms with Gasteiger partial charge < -0.3 is 23.8 Å². The van der Waals surface area contributed by atoms with Gasteiger partial charge in [0, 0.05) is 31.5 Å². The average molecular weight is 480 g/mol. The number of ether oxygens (including phenoxy) is 4. The molecule has 0 spiro atoms. The molecule has 0 fully saturated rings. The Morgan fingerprint density at radius 1 is 0.528 bits per heavy atom. The number of methoxy groups -OCH3 is 2. The lowest BCUT2D eigenvalue weighted by Gasteiger charge is -2.30. The molecule has 5 heteroatoms. The largest absolute Gasteiger partial charge is 0.465 e. The first-order valence-corrected chi connectivity index (χ1v) is 11.9. The van der Waals surface area contributed by atoms with Gasteiger partial charge in [0.15, 0.2) is 25.1 Å². The van der Waals surface area contributed by atoms with Crippen LogP contribution in [0.1, 0.15) is 5.56 Å². The Labute approximate surface area is 211 Å². The van der Waals surface area contributed by atoms with E-state index in [0.717, 1.165) is 50.0 Å². The quantitative estimate of drug-likeness (QED) is 0.197. The number of benzene rings is 5. The summed E-state index contributed by atoms with van der Waals surface area (Å²) in [6.07, 6.45) is 0. The normalized spacial score (nSPS) is 11.1. The van der Waals surface area contributed by atoms with Gasteiger partial charge in [0.1, 0.15) is 0 Å². The second-order valence-electron chi connectivity index (χ2n) is 8.44. The van der Waals surface area contributed by atoms with Gasteiger partial charge in [0.05, 0.1) is 11.4 Å². The van der Waals surface area contributed by atoms with Crippen LogP contribution in [0.2, 0.25) is 0 Å². The molecule has 0 saturated carbocycles. The second-order valence-corrected chi connectivity index (χ2v) is 8.44. The smallest absolute Gasteiger partial charge is 0.188 e. The first kappa shape index (κ1) is 23.7. The zero-order valence-corrected chi connectivity index (χ0v) is 20.5. The van der Waals surface area contributed by atoms with E-state index in [1.807, 2.05) is 30.3 Å². The van der Waals surface area contributed by atoms with Gasteiger partial charge in [-0.1, -0.05) is 91.0 Å². The zero-order chi connectivity index (χ0) is 24.7. The maximum atomic E-state index is 6.22. The molecular formula is C31H29NO4. The fraction of sp³-hybridized carbons (Fsp3) is 0.161. The zero-order valence-electron chi connectivity index (χ0n) is 20.5. The van der Waals surface area contributed by atoms with E-state index >= 15 is 0 Å². The van der Waals surface area contributed by atoms with Crippen molar-refractivity contribution >= 4 is 32.9 Å². The van der Waals surface area contributed by atoms with Crippen molar-refractivity contribution in [1.82, 2.24) is 0 Å². The molecule has 0 N–H and O–H groups in total. The Balaban J connectivity index is 1.75. The van der Waals surface area contributed by atoms with E-state index in [-0.39, 0.29) is 13.6 Å². The predicted octanol–water partition coefficient (Wildman–Crippen LogP) is 7.30. The van der Waals surface area contributed by atoms with Gasteiger partial charge in [0.2, 0.25) is 0 Å². The van der Waals surface area contributed by atoms with Gasteiger partial charge in [-0.25, -0.2) is 0 Å². The Morgan fingerprint density at radius 2 is 1.00 bits per heavy atom. The molecule has 0 aliphatic heterocycles. The summed E-state index contributed by atoms with van der Waals surface area (Å²) in [7, 11) is 3.26. The van der Waals surface area contributed by atoms with Crippen LogP contribution in [-0.2, 0) is 16.0 Å². The van der Waals surface area contributed by atoms with E-state index in [1.165, 1.54) is 0 Å². The van der Waals surface area contributed by atoms with Crippen LogP contribution < -0.4 is 14.4 Å². The van der Waals surface area contributed by atoms with Crippen molar-refractivity contribution in [2.75, 3.05) is 32.7 Å². The molecule has 0 unspecified atom stereocenters. The van der Waals surface area contributed by atoms with E-state index < -0.39 is 0 Å². The van der Waals surface area contributed by atoms with Crippen LogP contribution in [0, 0.1) is 0 Å². The van der Waals surface area contributed by atoms with Crippen molar-refractivity contribution < 1.29 is 18.9 Å². The Hall–Kier alpha value is -4.06. The fourth-order valence-electron chi connectivity index (χ4n) is 4.49. The lowest BCUT2D eigenvalue weighted by atomic mass is 10.0. The van der Waals surface area contributed by atoms with Crippen LogP contribution in [0.3, 0.4) is 0 Å². The van der Waals surface area contributed by atoms with Crippen LogP contribution in [0.25, 0.3) is 21.5 Å². The maximum absolute atomic E-state index is 6.22. The van der Waals surface area contributed by atoms with Crippen molar-refractivity contribution in [3.05, 3.63) is 109 Å². The predicted molar refractivity (Wildman–Crippen MR) is 145 cm³/mol. The molecule has 182 valence electrons. The fourth-order valence-corrected chi connectivity index (χ4v) is 4.49. The molecule has 5 aromatic carbocycles. The van der Waals surface area contributed by atoms with Crippen LogP contribution >= 0.6 is 0 Å². The van der Waals surface area contributed by atoms with Gasteiger partial charge in [-0.05, 0) is 28.5 Å². The van der Waals surface area contributed by atoms with Crippen LogP contribution in [0.4, 0.5) is 11.4 Å². The molecule has 36 heavy (non-hydrogen) atoms. The summed E-state index contributed by atoms with van der Waals surface area (Å²) in [5.74, 6) is 1.52. The highest BCUT2D eigenvalue weighted by Gasteiger charge is 2.22. The molecule has 0 radical (unpaired) electrons. The minimum atomic E-state index is 0.144. The standard InChI is InChI=1S/C31H29NO4/c1-33-21-35-30-26-14-8-6-12-24(26)16-18-28(30)32(20-23-10-4-3-5-11-23)29-19-17-25-13-7-9-15-27(25)31(29)36-22-34-2/h3-19H,20-22H2,1-2H3. The SMILES string of the molecule is COCOc1c(N(Cc2ccccc2)c2ccc3ccccc3c2OCOC)ccc2ccccc12. The van der Waals surface area contributed by atoms with E-state index in [0.29, 0.717) is 6.54 Å². The third-order valence-electron chi connectivity index (χ3n) is 6.12. The van der Waals surface area contributed by atoms with Crippen molar-refractivity contribution in [2.45, 2.75) is 6.54 Å². The second kappa shape index (κ2) is 11.1. The van der Waals surface area contributed by atoms with Gasteiger partial charge in [-0.3, -0.25) is 0 Å². The number of nitrogens with zero attached hydrogens (tertiary/aromatic N) is 1. The van der Waals surface area contributed by atoms with E-state index in [4.69, 9.17) is 18.9 Å². The van der Waals surface area contributed by atoms with Gasteiger partial charge in [-0.15, -0.1) is 0 Å². The number of hydrogen-bond acceptors (Lipinski definition) is 5. The van der Waals surface area contributed by atoms with E-state index in [2.05, 4.69) is 77.7 Å². The monoisotopic (exact) mass is 479 g/mol. The average Bonchev–Trinajstić information content (AvgIpc) is 2.94. The molecule has 0 bridgehead atoms. The summed E-state index contributed by atoms with van der Waals surface area (Å²) < 4.78 is 23.0. The maximum Gasteiger partial charge on any atom is 0.188 e. The molecule has 5 nitrogen and oxygen atoms in total. The first-order chi connectivity index (χ1) is 17.8. The third-order valence-corrected chi connectivity index (χ3v) is 6.12. The van der Waals surface area contributed by atoms with Crippen LogP contribution in [-0.4, -0.2) is 27.8 Å². The number of anilines is 2. The number of rotatable bonds is 10. The molecule has 0 aliphatic carbocycles. The first-order valence-electron chi connectivity index (χ1n) is 11.9. The molecule has 0 aliphatic rings. The van der Waals surface area contributed by atoms with Crippen molar-refractivity contribution in [3.8, 4) is 11.5 Å². The van der Waals surface area contributed by atoms with Gasteiger partial charge in [-0.2, -0.15) is 0 Å². The number of hydrogen-bond donors (Lipinski definition) is 0. The van der Waals surface area contributed by atoms with E-state index in [9.17, 15) is 0 Å². The van der Waals surface area contributed by atoms with Crippen LogP contribution in [0.15, 0.2) is 103 Å². The number of fused-ring (bicyclic) bond motifs is 2. The van der Waals surface area contributed by atoms with Gasteiger partial charge >= 0.3 is 0 Å². The van der Waals surface area contributed by atoms with Crippen molar-refractivity contribution in [2.24, 2.45) is 0 Å². The minimum absolute atomic E-state index is 0.144.